The van der Waals surface area contributed by atoms with Gasteiger partial charge in [0.2, 0.25) is 17.7 Å². The number of methoxy groups -OCH3 is 1. The number of hydrogen-bond donors (Lipinski definition) is 0. The Labute approximate surface area is 146 Å². The summed E-state index contributed by atoms with van der Waals surface area (Å²) in [4.78, 5) is 25.4. The van der Waals surface area contributed by atoms with Crippen LogP contribution in [0.1, 0.15) is 22.7 Å². The predicted octanol–water partition coefficient (Wildman–Crippen LogP) is 1.29. The lowest BCUT2D eigenvalue weighted by Gasteiger charge is -2.35. The Morgan fingerprint density at radius 2 is 1.92 bits per heavy atom. The number of anilines is 1. The highest BCUT2D eigenvalue weighted by Gasteiger charge is 2.24. The van der Waals surface area contributed by atoms with Gasteiger partial charge in [-0.15, -0.1) is 0 Å². The first kappa shape index (κ1) is 17.2. The third-order valence-corrected chi connectivity index (χ3v) is 4.45. The van der Waals surface area contributed by atoms with E-state index in [-0.39, 0.29) is 5.91 Å². The van der Waals surface area contributed by atoms with Crippen LogP contribution in [0.25, 0.3) is 0 Å². The summed E-state index contributed by atoms with van der Waals surface area (Å²) < 4.78 is 10.3. The Bertz CT molecular complexity index is 746. The molecule has 0 aliphatic carbocycles. The normalized spacial score (nSPS) is 14.7. The van der Waals surface area contributed by atoms with Crippen LogP contribution in [-0.4, -0.2) is 59.2 Å². The number of carbonyl (C=O) groups is 1. The van der Waals surface area contributed by atoms with Crippen LogP contribution in [-0.2, 0) is 11.2 Å². The maximum Gasteiger partial charge on any atom is 0.228 e. The lowest BCUT2D eigenvalue weighted by molar-refractivity contribution is -0.130. The molecule has 0 unspecified atom stereocenters. The molecule has 0 N–H and O–H groups in total. The fourth-order valence-electron chi connectivity index (χ4n) is 2.94. The molecule has 0 atom stereocenters. The van der Waals surface area contributed by atoms with Crippen LogP contribution >= 0.6 is 0 Å². The number of carbonyl (C=O) groups excluding carboxylic acids is 1. The van der Waals surface area contributed by atoms with Gasteiger partial charge in [-0.2, -0.15) is 4.98 Å². The number of ether oxygens (including phenoxy) is 1. The molecule has 0 saturated carbocycles. The van der Waals surface area contributed by atoms with E-state index in [1.54, 1.807) is 13.2 Å². The van der Waals surface area contributed by atoms with Crippen LogP contribution in [0.5, 0.6) is 5.88 Å². The first-order chi connectivity index (χ1) is 12.0. The van der Waals surface area contributed by atoms with Gasteiger partial charge in [-0.05, 0) is 20.8 Å². The number of nitrogens with zero attached hydrogens (tertiary/aromatic N) is 5. The Morgan fingerprint density at radius 1 is 1.20 bits per heavy atom. The summed E-state index contributed by atoms with van der Waals surface area (Å²) in [6.07, 6.45) is 0.329. The molecule has 0 radical (unpaired) electrons. The van der Waals surface area contributed by atoms with Crippen LogP contribution in [0.15, 0.2) is 10.6 Å². The second kappa shape index (κ2) is 7.08. The summed E-state index contributed by atoms with van der Waals surface area (Å²) in [5.74, 6) is 2.01. The largest absolute Gasteiger partial charge is 0.481 e. The number of rotatable bonds is 4. The van der Waals surface area contributed by atoms with Crippen LogP contribution in [0.2, 0.25) is 0 Å². The third kappa shape index (κ3) is 3.72. The molecule has 3 heterocycles. The Morgan fingerprint density at radius 3 is 2.52 bits per heavy atom. The quantitative estimate of drug-likeness (QED) is 0.825. The van der Waals surface area contributed by atoms with E-state index in [4.69, 9.17) is 9.26 Å². The molecule has 2 aromatic rings. The number of hydrogen-bond acceptors (Lipinski definition) is 7. The van der Waals surface area contributed by atoms with Crippen LogP contribution in [0, 0.1) is 20.8 Å². The van der Waals surface area contributed by atoms with E-state index in [9.17, 15) is 4.79 Å². The summed E-state index contributed by atoms with van der Waals surface area (Å²) in [6, 6.07) is 1.80. The molecule has 8 heteroatoms. The fraction of sp³-hybridized carbons (Fsp3) is 0.529. The van der Waals surface area contributed by atoms with Gasteiger partial charge in [0.15, 0.2) is 0 Å². The van der Waals surface area contributed by atoms with Gasteiger partial charge in [0, 0.05) is 43.5 Å². The molecule has 0 aromatic carbocycles. The van der Waals surface area contributed by atoms with Crippen molar-refractivity contribution in [2.75, 3.05) is 38.2 Å². The molecule has 2 aromatic heterocycles. The molecule has 0 bridgehead atoms. The van der Waals surface area contributed by atoms with Crippen LogP contribution in [0.4, 0.5) is 5.95 Å². The maximum absolute atomic E-state index is 12.6. The van der Waals surface area contributed by atoms with Crippen molar-refractivity contribution in [3.05, 3.63) is 28.8 Å². The molecule has 25 heavy (non-hydrogen) atoms. The summed E-state index contributed by atoms with van der Waals surface area (Å²) in [5.41, 5.74) is 2.53. The first-order valence-electron chi connectivity index (χ1n) is 8.32. The Balaban J connectivity index is 1.62. The minimum absolute atomic E-state index is 0.0943. The van der Waals surface area contributed by atoms with E-state index in [2.05, 4.69) is 20.0 Å². The second-order valence-corrected chi connectivity index (χ2v) is 6.20. The molecule has 1 saturated heterocycles. The zero-order chi connectivity index (χ0) is 18.0. The Hall–Kier alpha value is -2.64. The van der Waals surface area contributed by atoms with Crippen LogP contribution in [0.3, 0.4) is 0 Å². The van der Waals surface area contributed by atoms with Crippen molar-refractivity contribution >= 4 is 11.9 Å². The van der Waals surface area contributed by atoms with Crippen molar-refractivity contribution in [3.63, 3.8) is 0 Å². The van der Waals surface area contributed by atoms with E-state index in [0.29, 0.717) is 50.2 Å². The zero-order valence-electron chi connectivity index (χ0n) is 15.1. The number of aryl methyl sites for hydroxylation is 3. The highest BCUT2D eigenvalue weighted by Crippen LogP contribution is 2.18. The van der Waals surface area contributed by atoms with Gasteiger partial charge in [-0.1, -0.05) is 5.16 Å². The van der Waals surface area contributed by atoms with Crippen molar-refractivity contribution in [2.45, 2.75) is 27.2 Å². The minimum atomic E-state index is 0.0943. The molecule has 3 rings (SSSR count). The lowest BCUT2D eigenvalue weighted by atomic mass is 10.1. The topological polar surface area (TPSA) is 84.6 Å². The molecular weight excluding hydrogens is 322 g/mol. The van der Waals surface area contributed by atoms with Crippen molar-refractivity contribution in [1.82, 2.24) is 20.0 Å². The molecule has 8 nitrogen and oxygen atoms in total. The minimum Gasteiger partial charge on any atom is -0.481 e. The summed E-state index contributed by atoms with van der Waals surface area (Å²) >= 11 is 0. The smallest absolute Gasteiger partial charge is 0.228 e. The second-order valence-electron chi connectivity index (χ2n) is 6.20. The summed E-state index contributed by atoms with van der Waals surface area (Å²) in [7, 11) is 1.59. The van der Waals surface area contributed by atoms with Crippen molar-refractivity contribution < 1.29 is 14.1 Å². The zero-order valence-corrected chi connectivity index (χ0v) is 15.1. The van der Waals surface area contributed by atoms with Crippen LogP contribution < -0.4 is 9.64 Å². The van der Waals surface area contributed by atoms with E-state index in [1.807, 2.05) is 25.7 Å². The van der Waals surface area contributed by atoms with E-state index in [1.165, 1.54) is 0 Å². The maximum atomic E-state index is 12.6. The molecular formula is C17H23N5O3. The average molecular weight is 345 g/mol. The van der Waals surface area contributed by atoms with E-state index in [0.717, 1.165) is 17.0 Å². The van der Waals surface area contributed by atoms with Crippen molar-refractivity contribution in [1.29, 1.82) is 0 Å². The first-order valence-corrected chi connectivity index (χ1v) is 8.32. The van der Waals surface area contributed by atoms with Gasteiger partial charge in [-0.25, -0.2) is 4.98 Å². The molecule has 0 spiro atoms. The van der Waals surface area contributed by atoms with Crippen molar-refractivity contribution in [2.24, 2.45) is 0 Å². The summed E-state index contributed by atoms with van der Waals surface area (Å²) in [6.45, 7) is 8.28. The van der Waals surface area contributed by atoms with Gasteiger partial charge in [0.05, 0.1) is 19.2 Å². The standard InChI is InChI=1S/C17H23N5O3/c1-11-9-15(24-4)19-17(18-11)22-7-5-21(6-8-22)16(23)10-14-12(2)20-25-13(14)3/h9H,5-8,10H2,1-4H3. The Kier molecular flexibility index (Phi) is 4.87. The van der Waals surface area contributed by atoms with E-state index < -0.39 is 0 Å². The van der Waals surface area contributed by atoms with Gasteiger partial charge in [0.25, 0.3) is 0 Å². The number of aromatic nitrogens is 3. The number of piperazine rings is 1. The lowest BCUT2D eigenvalue weighted by Crippen LogP contribution is -2.49. The number of amides is 1. The fourth-order valence-corrected chi connectivity index (χ4v) is 2.94. The summed E-state index contributed by atoms with van der Waals surface area (Å²) in [5, 5.41) is 3.91. The monoisotopic (exact) mass is 345 g/mol. The van der Waals surface area contributed by atoms with Gasteiger partial charge < -0.3 is 19.1 Å². The SMILES string of the molecule is COc1cc(C)nc(N2CCN(C(=O)Cc3c(C)noc3C)CC2)n1. The van der Waals surface area contributed by atoms with Gasteiger partial charge in [0.1, 0.15) is 5.76 Å². The predicted molar refractivity (Wildman–Crippen MR) is 91.8 cm³/mol. The van der Waals surface area contributed by atoms with Gasteiger partial charge in [-0.3, -0.25) is 4.79 Å². The molecule has 1 aliphatic heterocycles. The molecule has 1 fully saturated rings. The molecule has 1 aliphatic rings. The van der Waals surface area contributed by atoms with E-state index >= 15 is 0 Å². The highest BCUT2D eigenvalue weighted by molar-refractivity contribution is 5.79. The molecule has 134 valence electrons. The highest BCUT2D eigenvalue weighted by atomic mass is 16.5. The molecule has 1 amide bonds. The van der Waals surface area contributed by atoms with Crippen molar-refractivity contribution in [3.8, 4) is 5.88 Å². The average Bonchev–Trinajstić information content (AvgIpc) is 2.93. The van der Waals surface area contributed by atoms with Gasteiger partial charge >= 0.3 is 0 Å². The third-order valence-electron chi connectivity index (χ3n) is 4.45.